The van der Waals surface area contributed by atoms with Crippen LogP contribution in [0.5, 0.6) is 0 Å². The lowest BCUT2D eigenvalue weighted by Gasteiger charge is -2.24. The Balaban J connectivity index is 3.71. The van der Waals surface area contributed by atoms with E-state index in [9.17, 15) is 4.79 Å². The van der Waals surface area contributed by atoms with Crippen molar-refractivity contribution >= 4 is 5.97 Å². The fraction of sp³-hybridized carbons (Fsp3) is 0.900. The van der Waals surface area contributed by atoms with Gasteiger partial charge in [0.15, 0.2) is 0 Å². The van der Waals surface area contributed by atoms with E-state index < -0.39 is 5.97 Å². The number of rotatable bonds is 10. The summed E-state index contributed by atoms with van der Waals surface area (Å²) in [4.78, 5) is 12.4. The second-order valence-electron chi connectivity index (χ2n) is 3.92. The number of nitrogens with zero attached hydrogens (tertiary/aromatic N) is 1. The lowest BCUT2D eigenvalue weighted by molar-refractivity contribution is -0.137. The Morgan fingerprint density at radius 3 is 2.25 bits per heavy atom. The Labute approximate surface area is 96.8 Å². The number of carboxylic acids is 1. The molecule has 0 aliphatic heterocycles. The van der Waals surface area contributed by atoms with Crippen molar-refractivity contribution in [3.05, 3.63) is 0 Å². The van der Waals surface area contributed by atoms with Crippen molar-refractivity contribution in [2.24, 2.45) is 17.2 Å². The molecule has 96 valence electrons. The third-order valence-electron chi connectivity index (χ3n) is 2.35. The predicted molar refractivity (Wildman–Crippen MR) is 64.0 cm³/mol. The van der Waals surface area contributed by atoms with Gasteiger partial charge >= 0.3 is 5.97 Å². The molecule has 0 amide bonds. The highest BCUT2D eigenvalue weighted by Crippen LogP contribution is 2.01. The quantitative estimate of drug-likeness (QED) is 0.375. The zero-order valence-corrected chi connectivity index (χ0v) is 9.77. The van der Waals surface area contributed by atoms with Gasteiger partial charge in [-0.05, 0) is 12.8 Å². The number of hydrogen-bond acceptors (Lipinski definition) is 5. The van der Waals surface area contributed by atoms with Crippen LogP contribution in [-0.2, 0) is 4.79 Å². The highest BCUT2D eigenvalue weighted by Gasteiger charge is 2.09. The fourth-order valence-corrected chi connectivity index (χ4v) is 1.60. The molecule has 0 saturated heterocycles. The summed E-state index contributed by atoms with van der Waals surface area (Å²) in [5.74, 6) is -0.770. The van der Waals surface area contributed by atoms with E-state index in [2.05, 4.69) is 4.90 Å². The van der Waals surface area contributed by atoms with Crippen LogP contribution in [0.3, 0.4) is 0 Å². The molecule has 0 aromatic rings. The van der Waals surface area contributed by atoms with Crippen molar-refractivity contribution in [3.63, 3.8) is 0 Å². The smallest absolute Gasteiger partial charge is 0.303 e. The minimum atomic E-state index is -0.770. The van der Waals surface area contributed by atoms with Crippen LogP contribution in [0.15, 0.2) is 0 Å². The normalized spacial score (nSPS) is 13.0. The molecule has 0 spiro atoms. The van der Waals surface area contributed by atoms with Crippen LogP contribution in [0, 0.1) is 0 Å². The molecule has 16 heavy (non-hydrogen) atoms. The van der Waals surface area contributed by atoms with Gasteiger partial charge in [0.1, 0.15) is 0 Å². The van der Waals surface area contributed by atoms with E-state index >= 15 is 0 Å². The average molecular weight is 232 g/mol. The van der Waals surface area contributed by atoms with Crippen LogP contribution in [0.2, 0.25) is 0 Å². The molecule has 0 saturated carbocycles. The minimum absolute atomic E-state index is 0.00236. The molecule has 0 aliphatic rings. The molecular weight excluding hydrogens is 208 g/mol. The second kappa shape index (κ2) is 9.53. The van der Waals surface area contributed by atoms with E-state index in [-0.39, 0.29) is 12.5 Å². The standard InChI is InChI=1S/C10H24N4O2/c11-4-6-14(7-5-12)8-9(13)2-1-3-10(15)16/h9H,1-8,11-13H2,(H,15,16). The van der Waals surface area contributed by atoms with E-state index in [0.29, 0.717) is 19.5 Å². The van der Waals surface area contributed by atoms with E-state index in [0.717, 1.165) is 26.1 Å². The Bertz CT molecular complexity index is 184. The summed E-state index contributed by atoms with van der Waals surface area (Å²) in [6.07, 6.45) is 1.52. The van der Waals surface area contributed by atoms with Gasteiger partial charge in [-0.2, -0.15) is 0 Å². The summed E-state index contributed by atoms with van der Waals surface area (Å²) in [7, 11) is 0. The Kier molecular flexibility index (Phi) is 9.12. The van der Waals surface area contributed by atoms with Crippen LogP contribution in [0.4, 0.5) is 0 Å². The van der Waals surface area contributed by atoms with Gasteiger partial charge in [-0.3, -0.25) is 9.69 Å². The number of hydrogen-bond donors (Lipinski definition) is 4. The third-order valence-corrected chi connectivity index (χ3v) is 2.35. The molecule has 0 rings (SSSR count). The minimum Gasteiger partial charge on any atom is -0.481 e. The number of aliphatic carboxylic acids is 1. The van der Waals surface area contributed by atoms with Crippen LogP contribution in [-0.4, -0.2) is 54.7 Å². The molecule has 7 N–H and O–H groups in total. The summed E-state index contributed by atoms with van der Waals surface area (Å²) in [5, 5.41) is 8.49. The van der Waals surface area contributed by atoms with E-state index in [4.69, 9.17) is 22.3 Å². The molecule has 0 aromatic heterocycles. The summed E-state index contributed by atoms with van der Waals surface area (Å²) in [5.41, 5.74) is 16.9. The van der Waals surface area contributed by atoms with Crippen molar-refractivity contribution in [3.8, 4) is 0 Å². The summed E-state index contributed by atoms with van der Waals surface area (Å²) in [6, 6.07) is -0.00236. The maximum atomic E-state index is 10.3. The maximum Gasteiger partial charge on any atom is 0.303 e. The van der Waals surface area contributed by atoms with Crippen LogP contribution in [0.1, 0.15) is 19.3 Å². The first-order valence-electron chi connectivity index (χ1n) is 5.70. The van der Waals surface area contributed by atoms with Crippen molar-refractivity contribution in [2.45, 2.75) is 25.3 Å². The van der Waals surface area contributed by atoms with E-state index in [1.54, 1.807) is 0 Å². The monoisotopic (exact) mass is 232 g/mol. The highest BCUT2D eigenvalue weighted by molar-refractivity contribution is 5.66. The highest BCUT2D eigenvalue weighted by atomic mass is 16.4. The first kappa shape index (κ1) is 15.3. The van der Waals surface area contributed by atoms with Crippen LogP contribution < -0.4 is 17.2 Å². The molecule has 1 unspecified atom stereocenters. The van der Waals surface area contributed by atoms with Crippen molar-refractivity contribution in [1.29, 1.82) is 0 Å². The third kappa shape index (κ3) is 8.60. The Morgan fingerprint density at radius 1 is 1.25 bits per heavy atom. The molecule has 6 heteroatoms. The molecule has 0 radical (unpaired) electrons. The van der Waals surface area contributed by atoms with Crippen LogP contribution >= 0.6 is 0 Å². The van der Waals surface area contributed by atoms with Gasteiger partial charge in [0.05, 0.1) is 0 Å². The topological polar surface area (TPSA) is 119 Å². The van der Waals surface area contributed by atoms with Gasteiger partial charge < -0.3 is 22.3 Å². The van der Waals surface area contributed by atoms with E-state index in [1.165, 1.54) is 0 Å². The van der Waals surface area contributed by atoms with E-state index in [1.807, 2.05) is 0 Å². The SMILES string of the molecule is NCCN(CCN)CC(N)CCCC(=O)O. The van der Waals surface area contributed by atoms with Gasteiger partial charge in [0, 0.05) is 45.2 Å². The molecule has 1 atom stereocenters. The number of carbonyl (C=O) groups is 1. The summed E-state index contributed by atoms with van der Waals surface area (Å²) in [6.45, 7) is 3.46. The summed E-state index contributed by atoms with van der Waals surface area (Å²) >= 11 is 0. The van der Waals surface area contributed by atoms with Crippen molar-refractivity contribution < 1.29 is 9.90 Å². The first-order valence-corrected chi connectivity index (χ1v) is 5.70. The summed E-state index contributed by atoms with van der Waals surface area (Å²) < 4.78 is 0. The molecule has 0 bridgehead atoms. The second-order valence-corrected chi connectivity index (χ2v) is 3.92. The average Bonchev–Trinajstić information content (AvgIpc) is 2.17. The lowest BCUT2D eigenvalue weighted by Crippen LogP contribution is -2.42. The predicted octanol–water partition coefficient (Wildman–Crippen LogP) is -1.21. The van der Waals surface area contributed by atoms with Gasteiger partial charge in [0.25, 0.3) is 0 Å². The van der Waals surface area contributed by atoms with Crippen molar-refractivity contribution in [2.75, 3.05) is 32.7 Å². The first-order chi connectivity index (χ1) is 7.60. The molecule has 0 fully saturated rings. The zero-order valence-electron chi connectivity index (χ0n) is 9.77. The largest absolute Gasteiger partial charge is 0.481 e. The Hall–Kier alpha value is -0.690. The van der Waals surface area contributed by atoms with Gasteiger partial charge in [0.2, 0.25) is 0 Å². The molecular formula is C10H24N4O2. The fourth-order valence-electron chi connectivity index (χ4n) is 1.60. The van der Waals surface area contributed by atoms with Crippen LogP contribution in [0.25, 0.3) is 0 Å². The number of carboxylic acid groups (broad SMARTS) is 1. The van der Waals surface area contributed by atoms with Crippen molar-refractivity contribution in [1.82, 2.24) is 4.90 Å². The van der Waals surface area contributed by atoms with Gasteiger partial charge in [-0.15, -0.1) is 0 Å². The molecule has 6 nitrogen and oxygen atoms in total. The number of nitrogens with two attached hydrogens (primary N) is 3. The van der Waals surface area contributed by atoms with Gasteiger partial charge in [-0.25, -0.2) is 0 Å². The zero-order chi connectivity index (χ0) is 12.4. The molecule has 0 aliphatic carbocycles. The molecule has 0 aromatic carbocycles. The maximum absolute atomic E-state index is 10.3. The lowest BCUT2D eigenvalue weighted by atomic mass is 10.1. The Morgan fingerprint density at radius 2 is 1.81 bits per heavy atom. The molecule has 0 heterocycles. The van der Waals surface area contributed by atoms with Gasteiger partial charge in [-0.1, -0.05) is 0 Å².